The highest BCUT2D eigenvalue weighted by Gasteiger charge is 2.35. The number of amides is 1. The van der Waals surface area contributed by atoms with Gasteiger partial charge in [0.15, 0.2) is 5.01 Å². The smallest absolute Gasteiger partial charge is 0.280 e. The summed E-state index contributed by atoms with van der Waals surface area (Å²) in [6.07, 6.45) is 1.24. The summed E-state index contributed by atoms with van der Waals surface area (Å²) in [6.45, 7) is 9.24. The van der Waals surface area contributed by atoms with Crippen LogP contribution in [0.1, 0.15) is 75.8 Å². The molecule has 0 bridgehead atoms. The maximum Gasteiger partial charge on any atom is 0.280 e. The van der Waals surface area contributed by atoms with Crippen molar-refractivity contribution >= 4 is 40.6 Å². The van der Waals surface area contributed by atoms with Crippen molar-refractivity contribution in [3.8, 4) is 10.4 Å². The molecule has 1 aromatic heterocycles. The Labute approximate surface area is 233 Å². The van der Waals surface area contributed by atoms with Crippen LogP contribution in [0.2, 0.25) is 0 Å². The summed E-state index contributed by atoms with van der Waals surface area (Å²) in [5.74, 6) is -2.82. The van der Waals surface area contributed by atoms with E-state index in [1.807, 2.05) is 57.2 Å². The van der Waals surface area contributed by atoms with Crippen LogP contribution in [0.15, 0.2) is 41.3 Å². The van der Waals surface area contributed by atoms with Gasteiger partial charge in [-0.15, -0.1) is 24.0 Å². The van der Waals surface area contributed by atoms with Crippen LogP contribution in [-0.4, -0.2) is 39.6 Å². The topological polar surface area (TPSA) is 88.2 Å². The van der Waals surface area contributed by atoms with E-state index in [0.29, 0.717) is 24.3 Å². The number of nitrogens with zero attached hydrogens (tertiary/aromatic N) is 1. The number of nitrogens with two attached hydrogens (primary N) is 1. The summed E-state index contributed by atoms with van der Waals surface area (Å²) in [6, 6.07) is 11.8. The number of hydrogen-bond donors (Lipinski definition) is 4. The fourth-order valence-electron chi connectivity index (χ4n) is 4.23. The van der Waals surface area contributed by atoms with E-state index in [4.69, 9.17) is 5.73 Å². The van der Waals surface area contributed by atoms with Crippen molar-refractivity contribution in [2.45, 2.75) is 88.7 Å². The van der Waals surface area contributed by atoms with Gasteiger partial charge in [0.2, 0.25) is 5.92 Å². The number of nitrogens with one attached hydrogen (secondary N) is 1. The molecule has 4 N–H and O–H groups in total. The van der Waals surface area contributed by atoms with Crippen LogP contribution in [0.3, 0.4) is 0 Å². The lowest BCUT2D eigenvalue weighted by Crippen LogP contribution is -2.38. The van der Waals surface area contributed by atoms with Gasteiger partial charge >= 0.3 is 0 Å². The Kier molecular flexibility index (Phi) is 9.61. The zero-order chi connectivity index (χ0) is 28.3. The van der Waals surface area contributed by atoms with Gasteiger partial charge in [0, 0.05) is 35.4 Å². The molecule has 1 amide bonds. The van der Waals surface area contributed by atoms with Gasteiger partial charge in [-0.1, -0.05) is 30.3 Å². The van der Waals surface area contributed by atoms with Gasteiger partial charge in [0.25, 0.3) is 5.91 Å². The first kappa shape index (κ1) is 30.5. The van der Waals surface area contributed by atoms with Crippen LogP contribution in [-0.2, 0) is 6.42 Å². The van der Waals surface area contributed by atoms with E-state index in [0.717, 1.165) is 31.8 Å². The summed E-state index contributed by atoms with van der Waals surface area (Å²) in [4.78, 5) is 19.2. The monoisotopic (exact) mass is 563 g/mol. The Morgan fingerprint density at radius 1 is 1.13 bits per heavy atom. The van der Waals surface area contributed by atoms with E-state index in [-0.39, 0.29) is 36.8 Å². The largest absolute Gasteiger partial charge is 0.389 e. The highest BCUT2D eigenvalue weighted by molar-refractivity contribution is 7.80. The molecule has 208 valence electrons. The Bertz CT molecular complexity index is 1250. The van der Waals surface area contributed by atoms with E-state index in [9.17, 15) is 18.7 Å². The molecule has 0 aliphatic heterocycles. The van der Waals surface area contributed by atoms with Crippen LogP contribution in [0.25, 0.3) is 21.2 Å². The molecule has 0 spiro atoms. The van der Waals surface area contributed by atoms with Gasteiger partial charge in [-0.05, 0) is 76.6 Å². The van der Waals surface area contributed by atoms with Crippen LogP contribution < -0.4 is 11.1 Å². The molecule has 9 heteroatoms. The number of fused-ring (bicyclic) bond motifs is 1. The first-order chi connectivity index (χ1) is 17.5. The molecule has 1 heterocycles. The number of aliphatic hydroxyl groups is 1. The van der Waals surface area contributed by atoms with E-state index in [1.54, 1.807) is 13.8 Å². The molecule has 38 heavy (non-hydrogen) atoms. The molecule has 0 atom stereocenters. The van der Waals surface area contributed by atoms with Crippen molar-refractivity contribution in [2.24, 2.45) is 11.7 Å². The third-order valence-electron chi connectivity index (χ3n) is 6.04. The Hall–Kier alpha value is -2.07. The first-order valence-corrected chi connectivity index (χ1v) is 14.2. The number of thiol groups is 1. The molecule has 0 radical (unpaired) electrons. The van der Waals surface area contributed by atoms with E-state index < -0.39 is 11.5 Å². The van der Waals surface area contributed by atoms with Gasteiger partial charge in [-0.3, -0.25) is 4.79 Å². The van der Waals surface area contributed by atoms with Crippen LogP contribution in [0, 0.1) is 5.92 Å². The molecule has 1 fully saturated rings. The number of rotatable bonds is 6. The van der Waals surface area contributed by atoms with Gasteiger partial charge in [0.1, 0.15) is 0 Å². The van der Waals surface area contributed by atoms with Gasteiger partial charge < -0.3 is 16.2 Å². The minimum Gasteiger partial charge on any atom is -0.389 e. The number of halogens is 2. The number of carbonyl (C=O) groups excluding carboxylic acids is 1. The van der Waals surface area contributed by atoms with Crippen molar-refractivity contribution in [1.82, 2.24) is 10.3 Å². The summed E-state index contributed by atoms with van der Waals surface area (Å²) >= 11 is 5.88. The summed E-state index contributed by atoms with van der Waals surface area (Å²) in [5.41, 5.74) is 6.04. The second-order valence-electron chi connectivity index (χ2n) is 11.8. The SMILES string of the molecule is CC(C)(C)N.CC(C)(O)CNC(=O)c1nc(CC2CCC(F)(F)CC2)c(-c2ccc(S)c3ccccc23)s1. The minimum atomic E-state index is -2.58. The summed E-state index contributed by atoms with van der Waals surface area (Å²) in [5, 5.41) is 15.0. The number of alkyl halides is 2. The van der Waals surface area contributed by atoms with Crippen molar-refractivity contribution in [1.29, 1.82) is 0 Å². The van der Waals surface area contributed by atoms with Gasteiger partial charge in [-0.25, -0.2) is 13.8 Å². The second kappa shape index (κ2) is 12.0. The van der Waals surface area contributed by atoms with E-state index >= 15 is 0 Å². The normalized spacial score (nSPS) is 16.2. The van der Waals surface area contributed by atoms with Crippen molar-refractivity contribution in [3.05, 3.63) is 47.1 Å². The van der Waals surface area contributed by atoms with Crippen molar-refractivity contribution in [2.75, 3.05) is 6.54 Å². The van der Waals surface area contributed by atoms with Crippen LogP contribution in [0.5, 0.6) is 0 Å². The number of hydrogen-bond acceptors (Lipinski definition) is 6. The fourth-order valence-corrected chi connectivity index (χ4v) is 5.55. The molecule has 0 unspecified atom stereocenters. The summed E-state index contributed by atoms with van der Waals surface area (Å²) in [7, 11) is 0. The Morgan fingerprint density at radius 2 is 1.71 bits per heavy atom. The number of benzene rings is 2. The molecule has 3 aromatic rings. The molecule has 2 aromatic carbocycles. The van der Waals surface area contributed by atoms with Crippen molar-refractivity contribution in [3.63, 3.8) is 0 Å². The third-order valence-corrected chi connectivity index (χ3v) is 7.56. The van der Waals surface area contributed by atoms with E-state index in [2.05, 4.69) is 22.9 Å². The number of thiazole rings is 1. The average Bonchev–Trinajstić information content (AvgIpc) is 3.21. The van der Waals surface area contributed by atoms with Crippen molar-refractivity contribution < 1.29 is 18.7 Å². The van der Waals surface area contributed by atoms with Gasteiger partial charge in [-0.2, -0.15) is 0 Å². The molecule has 4 rings (SSSR count). The molecule has 0 saturated heterocycles. The van der Waals surface area contributed by atoms with Crippen LogP contribution in [0.4, 0.5) is 8.78 Å². The summed E-state index contributed by atoms with van der Waals surface area (Å²) < 4.78 is 27.3. The average molecular weight is 564 g/mol. The maximum absolute atomic E-state index is 13.7. The zero-order valence-electron chi connectivity index (χ0n) is 22.8. The number of carbonyl (C=O) groups is 1. The Morgan fingerprint density at radius 3 is 2.29 bits per heavy atom. The molecular formula is C29H39F2N3O2S2. The maximum atomic E-state index is 13.7. The van der Waals surface area contributed by atoms with Crippen LogP contribution >= 0.6 is 24.0 Å². The molecule has 1 aliphatic carbocycles. The quantitative estimate of drug-likeness (QED) is 0.247. The highest BCUT2D eigenvalue weighted by Crippen LogP contribution is 2.41. The predicted molar refractivity (Wildman–Crippen MR) is 155 cm³/mol. The lowest BCUT2D eigenvalue weighted by Gasteiger charge is -2.28. The zero-order valence-corrected chi connectivity index (χ0v) is 24.5. The molecule has 1 saturated carbocycles. The molecular weight excluding hydrogens is 524 g/mol. The lowest BCUT2D eigenvalue weighted by atomic mass is 9.83. The second-order valence-corrected chi connectivity index (χ2v) is 13.3. The lowest BCUT2D eigenvalue weighted by molar-refractivity contribution is -0.0457. The third kappa shape index (κ3) is 9.00. The standard InChI is InChI=1S/C25H28F2N2O2S2.C4H11N/c1-24(2,31)14-28-22(30)23-29-19(13-15-9-11-25(26,27)12-10-15)21(33-23)18-7-8-20(32)17-6-4-3-5-16(17)18;1-4(2,3)5/h3-8,15,31-32H,9-14H2,1-2H3,(H,28,30);5H2,1-3H3. The highest BCUT2D eigenvalue weighted by atomic mass is 32.1. The molecule has 1 aliphatic rings. The minimum absolute atomic E-state index is 0. The predicted octanol–water partition coefficient (Wildman–Crippen LogP) is 6.86. The van der Waals surface area contributed by atoms with E-state index in [1.165, 1.54) is 11.3 Å². The number of aromatic nitrogens is 1. The molecule has 5 nitrogen and oxygen atoms in total. The first-order valence-electron chi connectivity index (χ1n) is 12.9. The Balaban J connectivity index is 0.000000732. The van der Waals surface area contributed by atoms with Gasteiger partial charge in [0.05, 0.1) is 16.2 Å². The fraction of sp³-hybridized carbons (Fsp3) is 0.517.